The minimum atomic E-state index is -0.878. The molecule has 0 radical (unpaired) electrons. The number of hydrogen-bond donors (Lipinski definition) is 0. The van der Waals surface area contributed by atoms with Crippen molar-refractivity contribution in [3.63, 3.8) is 0 Å². The predicted molar refractivity (Wildman–Crippen MR) is 117 cm³/mol. The fourth-order valence-electron chi connectivity index (χ4n) is 3.34. The van der Waals surface area contributed by atoms with Crippen molar-refractivity contribution in [3.8, 4) is 11.1 Å². The third-order valence-electron chi connectivity index (χ3n) is 4.80. The van der Waals surface area contributed by atoms with Gasteiger partial charge in [0.15, 0.2) is 11.6 Å². The summed E-state index contributed by atoms with van der Waals surface area (Å²) in [5.74, 6) is -1.74. The number of nitrogens with zero attached hydrogens (tertiary/aromatic N) is 1. The Balaban J connectivity index is 1.76. The molecule has 0 amide bonds. The maximum atomic E-state index is 14.5. The van der Waals surface area contributed by atoms with Crippen molar-refractivity contribution in [2.45, 2.75) is 0 Å². The molecular weight excluding hydrogens is 364 g/mol. The van der Waals surface area contributed by atoms with Crippen molar-refractivity contribution in [2.75, 3.05) is 4.90 Å². The van der Waals surface area contributed by atoms with E-state index in [1.54, 1.807) is 18.2 Å². The highest BCUT2D eigenvalue weighted by Crippen LogP contribution is 2.35. The van der Waals surface area contributed by atoms with Gasteiger partial charge in [0, 0.05) is 28.2 Å². The molecule has 0 spiro atoms. The molecule has 4 rings (SSSR count). The Morgan fingerprint density at radius 2 is 1.10 bits per heavy atom. The molecule has 4 aromatic carbocycles. The number of benzene rings is 4. The van der Waals surface area contributed by atoms with E-state index in [9.17, 15) is 8.78 Å². The lowest BCUT2D eigenvalue weighted by molar-refractivity contribution is 0.509. The molecule has 29 heavy (non-hydrogen) atoms. The van der Waals surface area contributed by atoms with Crippen molar-refractivity contribution in [3.05, 3.63) is 121 Å². The average molecular weight is 383 g/mol. The molecule has 0 aliphatic heterocycles. The van der Waals surface area contributed by atoms with Crippen LogP contribution in [0.2, 0.25) is 0 Å². The largest absolute Gasteiger partial charge is 0.311 e. The Morgan fingerprint density at radius 1 is 0.586 bits per heavy atom. The third-order valence-corrected chi connectivity index (χ3v) is 4.80. The minimum absolute atomic E-state index is 0.155. The summed E-state index contributed by atoms with van der Waals surface area (Å²) < 4.78 is 28.6. The summed E-state index contributed by atoms with van der Waals surface area (Å²) in [6.07, 6.45) is 1.31. The van der Waals surface area contributed by atoms with Gasteiger partial charge in [0.1, 0.15) is 0 Å². The molecule has 0 aliphatic rings. The van der Waals surface area contributed by atoms with E-state index in [4.69, 9.17) is 0 Å². The van der Waals surface area contributed by atoms with Crippen LogP contribution < -0.4 is 4.90 Å². The minimum Gasteiger partial charge on any atom is -0.311 e. The molecule has 0 fully saturated rings. The van der Waals surface area contributed by atoms with Crippen molar-refractivity contribution in [2.24, 2.45) is 0 Å². The summed E-state index contributed by atoms with van der Waals surface area (Å²) in [6, 6.07) is 30.6. The summed E-state index contributed by atoms with van der Waals surface area (Å²) in [6.45, 7) is 3.51. The molecule has 142 valence electrons. The lowest BCUT2D eigenvalue weighted by Gasteiger charge is -2.25. The fraction of sp³-hybridized carbons (Fsp3) is 0. The van der Waals surface area contributed by atoms with E-state index in [1.807, 2.05) is 72.8 Å². The lowest BCUT2D eigenvalue weighted by atomic mass is 10.0. The molecule has 1 nitrogen and oxygen atoms in total. The standard InChI is InChI=1S/C26H19F2N/c1-2-19-15-18-24(26(28)25(19)27)20-13-16-23(17-14-20)29(21-9-5-3-6-10-21)22-11-7-4-8-12-22/h2-18H,1H2. The Hall–Kier alpha value is -3.72. The molecule has 0 aliphatic carbocycles. The van der Waals surface area contributed by atoms with Gasteiger partial charge in [-0.3, -0.25) is 0 Å². The van der Waals surface area contributed by atoms with Crippen molar-refractivity contribution >= 4 is 23.1 Å². The summed E-state index contributed by atoms with van der Waals surface area (Å²) >= 11 is 0. The van der Waals surface area contributed by atoms with E-state index in [2.05, 4.69) is 11.5 Å². The van der Waals surface area contributed by atoms with E-state index >= 15 is 0 Å². The van der Waals surface area contributed by atoms with Crippen molar-refractivity contribution in [1.82, 2.24) is 0 Å². The van der Waals surface area contributed by atoms with Crippen LogP contribution in [-0.2, 0) is 0 Å². The zero-order valence-electron chi connectivity index (χ0n) is 15.7. The number of halogens is 2. The van der Waals surface area contributed by atoms with Gasteiger partial charge >= 0.3 is 0 Å². The highest BCUT2D eigenvalue weighted by atomic mass is 19.2. The predicted octanol–water partition coefficient (Wildman–Crippen LogP) is 7.74. The van der Waals surface area contributed by atoms with Gasteiger partial charge in [0.05, 0.1) is 0 Å². The fourth-order valence-corrected chi connectivity index (χ4v) is 3.34. The van der Waals surface area contributed by atoms with Gasteiger partial charge in [-0.15, -0.1) is 0 Å². The van der Waals surface area contributed by atoms with Gasteiger partial charge in [0.25, 0.3) is 0 Å². The Kier molecular flexibility index (Phi) is 5.21. The lowest BCUT2D eigenvalue weighted by Crippen LogP contribution is -2.09. The first-order valence-corrected chi connectivity index (χ1v) is 9.30. The zero-order valence-corrected chi connectivity index (χ0v) is 15.7. The Bertz CT molecular complexity index is 1080. The second kappa shape index (κ2) is 8.11. The second-order valence-electron chi connectivity index (χ2n) is 6.59. The van der Waals surface area contributed by atoms with Crippen molar-refractivity contribution < 1.29 is 8.78 Å². The van der Waals surface area contributed by atoms with Gasteiger partial charge in [-0.05, 0) is 42.0 Å². The molecule has 0 heterocycles. The Morgan fingerprint density at radius 3 is 1.62 bits per heavy atom. The summed E-state index contributed by atoms with van der Waals surface area (Å²) in [4.78, 5) is 2.11. The van der Waals surface area contributed by atoms with Crippen LogP contribution in [0.15, 0.2) is 104 Å². The molecule has 0 unspecified atom stereocenters. The summed E-state index contributed by atoms with van der Waals surface area (Å²) in [5, 5.41) is 0. The Labute approximate surface area is 169 Å². The maximum Gasteiger partial charge on any atom is 0.167 e. The van der Waals surface area contributed by atoms with Crippen LogP contribution in [0.5, 0.6) is 0 Å². The van der Waals surface area contributed by atoms with Crippen molar-refractivity contribution in [1.29, 1.82) is 0 Å². The second-order valence-corrected chi connectivity index (χ2v) is 6.59. The van der Waals surface area contributed by atoms with Crippen LogP contribution in [-0.4, -0.2) is 0 Å². The number of anilines is 3. The number of para-hydroxylation sites is 2. The normalized spacial score (nSPS) is 10.6. The average Bonchev–Trinajstić information content (AvgIpc) is 2.78. The third kappa shape index (κ3) is 3.67. The number of hydrogen-bond acceptors (Lipinski definition) is 1. The molecule has 0 saturated carbocycles. The first-order valence-electron chi connectivity index (χ1n) is 9.30. The van der Waals surface area contributed by atoms with Crippen LogP contribution in [0, 0.1) is 11.6 Å². The maximum absolute atomic E-state index is 14.5. The molecule has 0 N–H and O–H groups in total. The first-order chi connectivity index (χ1) is 14.2. The van der Waals surface area contributed by atoms with E-state index in [0.29, 0.717) is 5.56 Å². The summed E-state index contributed by atoms with van der Waals surface area (Å²) in [7, 11) is 0. The van der Waals surface area contributed by atoms with Crippen LogP contribution >= 0.6 is 0 Å². The molecule has 3 heteroatoms. The molecule has 0 atom stereocenters. The zero-order chi connectivity index (χ0) is 20.2. The van der Waals surface area contributed by atoms with Gasteiger partial charge in [-0.1, -0.05) is 73.3 Å². The summed E-state index contributed by atoms with van der Waals surface area (Å²) in [5.41, 5.74) is 3.95. The van der Waals surface area contributed by atoms with Gasteiger partial charge in [0.2, 0.25) is 0 Å². The SMILES string of the molecule is C=Cc1ccc(-c2ccc(N(c3ccccc3)c3ccccc3)cc2)c(F)c1F. The molecule has 0 saturated heterocycles. The van der Waals surface area contributed by atoms with Gasteiger partial charge < -0.3 is 4.90 Å². The van der Waals surface area contributed by atoms with Gasteiger partial charge in [-0.25, -0.2) is 8.78 Å². The van der Waals surface area contributed by atoms with Crippen LogP contribution in [0.1, 0.15) is 5.56 Å². The molecular formula is C26H19F2N. The first kappa shape index (κ1) is 18.6. The van der Waals surface area contributed by atoms with Crippen LogP contribution in [0.3, 0.4) is 0 Å². The molecule has 0 aromatic heterocycles. The highest BCUT2D eigenvalue weighted by Gasteiger charge is 2.15. The highest BCUT2D eigenvalue weighted by molar-refractivity contribution is 5.78. The van der Waals surface area contributed by atoms with Gasteiger partial charge in [-0.2, -0.15) is 0 Å². The quantitative estimate of drug-likeness (QED) is 0.341. The van der Waals surface area contributed by atoms with Crippen LogP contribution in [0.25, 0.3) is 17.2 Å². The monoisotopic (exact) mass is 383 g/mol. The van der Waals surface area contributed by atoms with E-state index in [0.717, 1.165) is 17.1 Å². The van der Waals surface area contributed by atoms with E-state index < -0.39 is 11.6 Å². The van der Waals surface area contributed by atoms with E-state index in [-0.39, 0.29) is 11.1 Å². The molecule has 4 aromatic rings. The van der Waals surface area contributed by atoms with E-state index in [1.165, 1.54) is 12.1 Å². The topological polar surface area (TPSA) is 3.24 Å². The smallest absolute Gasteiger partial charge is 0.167 e. The molecule has 0 bridgehead atoms. The van der Waals surface area contributed by atoms with Crippen LogP contribution in [0.4, 0.5) is 25.8 Å². The number of rotatable bonds is 5.